The van der Waals surface area contributed by atoms with Crippen LogP contribution in [0.5, 0.6) is 0 Å². The first-order valence-corrected chi connectivity index (χ1v) is 9.51. The van der Waals surface area contributed by atoms with E-state index >= 15 is 0 Å². The number of aromatic nitrogens is 1. The van der Waals surface area contributed by atoms with Gasteiger partial charge in [0.2, 0.25) is 10.0 Å². The van der Waals surface area contributed by atoms with E-state index < -0.39 is 16.1 Å². The minimum Gasteiger partial charge on any atom is -0.256 e. The predicted octanol–water partition coefficient (Wildman–Crippen LogP) is 3.77. The first-order valence-electron chi connectivity index (χ1n) is 8.03. The van der Waals surface area contributed by atoms with E-state index in [1.165, 1.54) is 0 Å². The second kappa shape index (κ2) is 7.17. The summed E-state index contributed by atoms with van der Waals surface area (Å²) < 4.78 is 28.5. The third-order valence-corrected chi connectivity index (χ3v) is 5.38. The Labute approximate surface area is 148 Å². The molecule has 1 heterocycles. The van der Waals surface area contributed by atoms with E-state index in [1.54, 1.807) is 24.3 Å². The number of hydrogen-bond donors (Lipinski definition) is 1. The van der Waals surface area contributed by atoms with Crippen LogP contribution in [0.2, 0.25) is 0 Å². The maximum atomic E-state index is 12.8. The van der Waals surface area contributed by atoms with Crippen LogP contribution in [0.25, 0.3) is 0 Å². The molecule has 1 aromatic heterocycles. The van der Waals surface area contributed by atoms with Crippen molar-refractivity contribution in [1.29, 1.82) is 0 Å². The van der Waals surface area contributed by atoms with Gasteiger partial charge >= 0.3 is 0 Å². The summed E-state index contributed by atoms with van der Waals surface area (Å²) in [7, 11) is -3.68. The van der Waals surface area contributed by atoms with Crippen molar-refractivity contribution in [3.05, 3.63) is 95.3 Å². The summed E-state index contributed by atoms with van der Waals surface area (Å²) in [6.45, 7) is 3.81. The van der Waals surface area contributed by atoms with Gasteiger partial charge < -0.3 is 0 Å². The van der Waals surface area contributed by atoms with Crippen LogP contribution in [0.4, 0.5) is 0 Å². The molecule has 3 aromatic rings. The number of nitrogens with zero attached hydrogens (tertiary/aromatic N) is 1. The lowest BCUT2D eigenvalue weighted by Gasteiger charge is -2.19. The van der Waals surface area contributed by atoms with Gasteiger partial charge in [0.25, 0.3) is 0 Å². The van der Waals surface area contributed by atoms with Gasteiger partial charge in [0.05, 0.1) is 16.6 Å². The van der Waals surface area contributed by atoms with Gasteiger partial charge in [-0.3, -0.25) is 4.98 Å². The van der Waals surface area contributed by atoms with Crippen LogP contribution in [-0.2, 0) is 10.0 Å². The average Bonchev–Trinajstić information content (AvgIpc) is 2.61. The second-order valence-electron chi connectivity index (χ2n) is 5.98. The van der Waals surface area contributed by atoms with Crippen molar-refractivity contribution in [3.8, 4) is 0 Å². The fourth-order valence-electron chi connectivity index (χ4n) is 2.61. The lowest BCUT2D eigenvalue weighted by atomic mass is 10.0. The van der Waals surface area contributed by atoms with Crippen molar-refractivity contribution < 1.29 is 8.42 Å². The van der Waals surface area contributed by atoms with Crippen LogP contribution in [-0.4, -0.2) is 13.4 Å². The fraction of sp³-hybridized carbons (Fsp3) is 0.150. The summed E-state index contributed by atoms with van der Waals surface area (Å²) >= 11 is 0. The maximum absolute atomic E-state index is 12.8. The van der Waals surface area contributed by atoms with Crippen molar-refractivity contribution in [2.24, 2.45) is 0 Å². The molecule has 3 rings (SSSR count). The number of hydrogen-bond acceptors (Lipinski definition) is 3. The molecule has 0 amide bonds. The Morgan fingerprint density at radius 2 is 1.52 bits per heavy atom. The Morgan fingerprint density at radius 1 is 0.840 bits per heavy atom. The first kappa shape index (κ1) is 17.3. The monoisotopic (exact) mass is 352 g/mol. The minimum absolute atomic E-state index is 0.242. The molecule has 0 aliphatic carbocycles. The van der Waals surface area contributed by atoms with Crippen molar-refractivity contribution in [3.63, 3.8) is 0 Å². The van der Waals surface area contributed by atoms with Crippen LogP contribution >= 0.6 is 0 Å². The average molecular weight is 352 g/mol. The van der Waals surface area contributed by atoms with E-state index in [9.17, 15) is 8.42 Å². The number of sulfonamides is 1. The van der Waals surface area contributed by atoms with E-state index in [-0.39, 0.29) is 4.90 Å². The van der Waals surface area contributed by atoms with E-state index in [0.29, 0.717) is 5.69 Å². The minimum atomic E-state index is -3.68. The number of rotatable bonds is 5. The molecule has 0 aliphatic heterocycles. The molecule has 0 saturated heterocycles. The molecule has 0 unspecified atom stereocenters. The second-order valence-corrected chi connectivity index (χ2v) is 7.70. The van der Waals surface area contributed by atoms with E-state index in [1.807, 2.05) is 62.4 Å². The summed E-state index contributed by atoms with van der Waals surface area (Å²) in [5.41, 5.74) is 3.37. The van der Waals surface area contributed by atoms with Crippen LogP contribution in [0.1, 0.15) is 28.6 Å². The molecule has 4 nitrogen and oxygen atoms in total. The van der Waals surface area contributed by atoms with Crippen molar-refractivity contribution in [2.75, 3.05) is 0 Å². The number of nitrogens with one attached hydrogen (secondary N) is 1. The summed E-state index contributed by atoms with van der Waals surface area (Å²) in [4.78, 5) is 4.76. The number of benzene rings is 2. The topological polar surface area (TPSA) is 59.1 Å². The standard InChI is InChI=1S/C20H20N2O2S/c1-15-11-13-18(14-12-15)25(23,24)22-20(17-8-4-3-5-9-17)19-10-6-7-16(2)21-19/h3-14,20,22H,1-2H3/t20-/m1/s1. The lowest BCUT2D eigenvalue weighted by Crippen LogP contribution is -2.30. The van der Waals surface area contributed by atoms with Gasteiger partial charge in [-0.25, -0.2) is 8.42 Å². The molecule has 0 fully saturated rings. The fourth-order valence-corrected chi connectivity index (χ4v) is 3.81. The highest BCUT2D eigenvalue weighted by molar-refractivity contribution is 7.89. The highest BCUT2D eigenvalue weighted by Crippen LogP contribution is 2.23. The Hall–Kier alpha value is -2.50. The van der Waals surface area contributed by atoms with Gasteiger partial charge in [0.1, 0.15) is 0 Å². The molecule has 128 valence electrons. The predicted molar refractivity (Wildman–Crippen MR) is 98.8 cm³/mol. The molecule has 0 radical (unpaired) electrons. The van der Waals surface area contributed by atoms with E-state index in [4.69, 9.17) is 0 Å². The Kier molecular flexibility index (Phi) is 4.97. The van der Waals surface area contributed by atoms with Gasteiger partial charge in [-0.1, -0.05) is 54.1 Å². The zero-order valence-electron chi connectivity index (χ0n) is 14.2. The summed E-state index contributed by atoms with van der Waals surface area (Å²) in [6, 6.07) is 21.3. The summed E-state index contributed by atoms with van der Waals surface area (Å²) in [5.74, 6) is 0. The first-order chi connectivity index (χ1) is 12.0. The van der Waals surface area contributed by atoms with Gasteiger partial charge in [-0.05, 0) is 43.7 Å². The molecular formula is C20H20N2O2S. The molecule has 0 saturated carbocycles. The van der Waals surface area contributed by atoms with Gasteiger partial charge in [0, 0.05) is 5.69 Å². The molecular weight excluding hydrogens is 332 g/mol. The maximum Gasteiger partial charge on any atom is 0.241 e. The third-order valence-electron chi connectivity index (χ3n) is 3.94. The highest BCUT2D eigenvalue weighted by atomic mass is 32.2. The smallest absolute Gasteiger partial charge is 0.241 e. The zero-order chi connectivity index (χ0) is 17.9. The molecule has 1 N–H and O–H groups in total. The van der Waals surface area contributed by atoms with Crippen LogP contribution < -0.4 is 4.72 Å². The number of aryl methyl sites for hydroxylation is 2. The normalized spacial score (nSPS) is 12.7. The van der Waals surface area contributed by atoms with Crippen LogP contribution in [0.15, 0.2) is 77.7 Å². The Bertz CT molecular complexity index is 953. The summed E-state index contributed by atoms with van der Waals surface area (Å²) in [6.07, 6.45) is 0. The summed E-state index contributed by atoms with van der Waals surface area (Å²) in [5, 5.41) is 0. The van der Waals surface area contributed by atoms with Gasteiger partial charge in [-0.15, -0.1) is 0 Å². The molecule has 0 bridgehead atoms. The quantitative estimate of drug-likeness (QED) is 0.760. The Morgan fingerprint density at radius 3 is 2.16 bits per heavy atom. The zero-order valence-corrected chi connectivity index (χ0v) is 15.0. The SMILES string of the molecule is Cc1ccc(S(=O)(=O)N[C@H](c2ccccc2)c2cccc(C)n2)cc1. The molecule has 1 atom stereocenters. The lowest BCUT2D eigenvalue weighted by molar-refractivity contribution is 0.570. The molecule has 2 aromatic carbocycles. The molecule has 0 spiro atoms. The Balaban J connectivity index is 2.02. The molecule has 5 heteroatoms. The number of pyridine rings is 1. The van der Waals surface area contributed by atoms with Crippen LogP contribution in [0, 0.1) is 13.8 Å². The van der Waals surface area contributed by atoms with E-state index in [0.717, 1.165) is 16.8 Å². The van der Waals surface area contributed by atoms with Crippen molar-refractivity contribution in [2.45, 2.75) is 24.8 Å². The van der Waals surface area contributed by atoms with Gasteiger partial charge in [-0.2, -0.15) is 4.72 Å². The van der Waals surface area contributed by atoms with Crippen molar-refractivity contribution >= 4 is 10.0 Å². The molecule has 25 heavy (non-hydrogen) atoms. The van der Waals surface area contributed by atoms with Gasteiger partial charge in [0.15, 0.2) is 0 Å². The van der Waals surface area contributed by atoms with E-state index in [2.05, 4.69) is 9.71 Å². The third kappa shape index (κ3) is 4.13. The largest absolute Gasteiger partial charge is 0.256 e. The highest BCUT2D eigenvalue weighted by Gasteiger charge is 2.23. The molecule has 0 aliphatic rings. The van der Waals surface area contributed by atoms with Crippen molar-refractivity contribution in [1.82, 2.24) is 9.71 Å². The van der Waals surface area contributed by atoms with Crippen LogP contribution in [0.3, 0.4) is 0 Å².